The third-order valence-corrected chi connectivity index (χ3v) is 3.57. The normalized spacial score (nSPS) is 21.3. The summed E-state index contributed by atoms with van der Waals surface area (Å²) in [6.07, 6.45) is 0.723. The molecule has 18 heavy (non-hydrogen) atoms. The molecular formula is C13H21N3O2. The van der Waals surface area contributed by atoms with Gasteiger partial charge >= 0.3 is 0 Å². The van der Waals surface area contributed by atoms with Gasteiger partial charge in [-0.05, 0) is 27.3 Å². The number of carbonyl (C=O) groups excluding carboxylic acids is 1. The number of amides is 1. The Hall–Kier alpha value is -1.36. The van der Waals surface area contributed by atoms with Crippen molar-refractivity contribution in [1.29, 1.82) is 0 Å². The molecular weight excluding hydrogens is 230 g/mol. The minimum Gasteiger partial charge on any atom is -0.361 e. The van der Waals surface area contributed by atoms with E-state index in [1.807, 2.05) is 11.8 Å². The molecule has 2 rings (SSSR count). The predicted octanol–water partition coefficient (Wildman–Crippen LogP) is 1.32. The maximum Gasteiger partial charge on any atom is 0.259 e. The molecule has 1 aliphatic rings. The van der Waals surface area contributed by atoms with Gasteiger partial charge in [0, 0.05) is 25.7 Å². The summed E-state index contributed by atoms with van der Waals surface area (Å²) in [5.41, 5.74) is 1.43. The van der Waals surface area contributed by atoms with Gasteiger partial charge in [0.2, 0.25) is 0 Å². The van der Waals surface area contributed by atoms with Crippen LogP contribution in [-0.2, 0) is 6.42 Å². The predicted molar refractivity (Wildman–Crippen MR) is 68.6 cm³/mol. The number of nitrogens with zero attached hydrogens (tertiary/aromatic N) is 3. The van der Waals surface area contributed by atoms with E-state index >= 15 is 0 Å². The number of carbonyl (C=O) groups is 1. The van der Waals surface area contributed by atoms with Crippen molar-refractivity contribution in [2.45, 2.75) is 33.2 Å². The van der Waals surface area contributed by atoms with Crippen LogP contribution in [0.4, 0.5) is 0 Å². The molecule has 0 aromatic carbocycles. The van der Waals surface area contributed by atoms with Gasteiger partial charge in [-0.2, -0.15) is 0 Å². The first-order valence-corrected chi connectivity index (χ1v) is 6.49. The van der Waals surface area contributed by atoms with Gasteiger partial charge in [-0.15, -0.1) is 0 Å². The third kappa shape index (κ3) is 2.27. The molecule has 0 unspecified atom stereocenters. The van der Waals surface area contributed by atoms with Crippen LogP contribution in [0.1, 0.15) is 35.7 Å². The highest BCUT2D eigenvalue weighted by molar-refractivity contribution is 5.96. The van der Waals surface area contributed by atoms with E-state index in [-0.39, 0.29) is 11.9 Å². The van der Waals surface area contributed by atoms with Crippen molar-refractivity contribution in [2.75, 3.05) is 26.7 Å². The fourth-order valence-electron chi connectivity index (χ4n) is 2.52. The second-order valence-electron chi connectivity index (χ2n) is 5.02. The van der Waals surface area contributed by atoms with E-state index in [1.54, 1.807) is 6.92 Å². The molecule has 5 heteroatoms. The van der Waals surface area contributed by atoms with Crippen LogP contribution < -0.4 is 0 Å². The highest BCUT2D eigenvalue weighted by atomic mass is 16.5. The number of rotatable bonds is 2. The molecule has 100 valence electrons. The summed E-state index contributed by atoms with van der Waals surface area (Å²) in [6, 6.07) is 0.232. The smallest absolute Gasteiger partial charge is 0.259 e. The molecule has 1 aromatic rings. The quantitative estimate of drug-likeness (QED) is 0.795. The first-order valence-electron chi connectivity index (χ1n) is 6.49. The van der Waals surface area contributed by atoms with Gasteiger partial charge < -0.3 is 14.3 Å². The standard InChI is InChI=1S/C13H21N3O2/c1-5-11-12(10(3)18-14-11)13(17)16-7-6-15(4)8-9(16)2/h9H,5-8H2,1-4H3/t9-/m0/s1. The van der Waals surface area contributed by atoms with Crippen LogP contribution in [0.5, 0.6) is 0 Å². The third-order valence-electron chi connectivity index (χ3n) is 3.57. The van der Waals surface area contributed by atoms with E-state index in [9.17, 15) is 4.79 Å². The maximum absolute atomic E-state index is 12.6. The lowest BCUT2D eigenvalue weighted by atomic mass is 10.1. The minimum atomic E-state index is 0.0613. The molecule has 1 fully saturated rings. The van der Waals surface area contributed by atoms with Crippen LogP contribution in [0.2, 0.25) is 0 Å². The Bertz CT molecular complexity index is 441. The van der Waals surface area contributed by atoms with Crippen molar-refractivity contribution in [3.63, 3.8) is 0 Å². The van der Waals surface area contributed by atoms with E-state index in [4.69, 9.17) is 4.52 Å². The molecule has 1 amide bonds. The van der Waals surface area contributed by atoms with Crippen molar-refractivity contribution >= 4 is 5.91 Å². The van der Waals surface area contributed by atoms with Gasteiger partial charge in [-0.25, -0.2) is 0 Å². The SMILES string of the molecule is CCc1noc(C)c1C(=O)N1CCN(C)C[C@@H]1C. The Kier molecular flexibility index (Phi) is 3.71. The molecule has 5 nitrogen and oxygen atoms in total. The Labute approximate surface area is 108 Å². The molecule has 1 aromatic heterocycles. The number of likely N-dealkylation sites (N-methyl/N-ethyl adjacent to an activating group) is 1. The first kappa shape index (κ1) is 13.1. The fourth-order valence-corrected chi connectivity index (χ4v) is 2.52. The average Bonchev–Trinajstić information content (AvgIpc) is 2.69. The van der Waals surface area contributed by atoms with Gasteiger partial charge in [0.05, 0.1) is 5.69 Å². The Balaban J connectivity index is 2.23. The summed E-state index contributed by atoms with van der Waals surface area (Å²) in [5, 5.41) is 3.96. The minimum absolute atomic E-state index is 0.0613. The van der Waals surface area contributed by atoms with E-state index in [1.165, 1.54) is 0 Å². The number of aromatic nitrogens is 1. The van der Waals surface area contributed by atoms with Crippen LogP contribution in [0, 0.1) is 6.92 Å². The first-order chi connectivity index (χ1) is 8.54. The second-order valence-corrected chi connectivity index (χ2v) is 5.02. The van der Waals surface area contributed by atoms with Gasteiger partial charge in [-0.3, -0.25) is 4.79 Å². The maximum atomic E-state index is 12.6. The highest BCUT2D eigenvalue weighted by Crippen LogP contribution is 2.19. The topological polar surface area (TPSA) is 49.6 Å². The number of hydrogen-bond acceptors (Lipinski definition) is 4. The van der Waals surface area contributed by atoms with Crippen LogP contribution in [0.3, 0.4) is 0 Å². The van der Waals surface area contributed by atoms with E-state index in [0.29, 0.717) is 11.3 Å². The van der Waals surface area contributed by atoms with Crippen LogP contribution in [-0.4, -0.2) is 53.6 Å². The lowest BCUT2D eigenvalue weighted by Gasteiger charge is -2.38. The average molecular weight is 251 g/mol. The molecule has 1 saturated heterocycles. The van der Waals surface area contributed by atoms with Gasteiger partial charge in [0.1, 0.15) is 11.3 Å². The Morgan fingerprint density at radius 2 is 2.22 bits per heavy atom. The lowest BCUT2D eigenvalue weighted by Crippen LogP contribution is -2.52. The zero-order valence-corrected chi connectivity index (χ0v) is 11.6. The summed E-state index contributed by atoms with van der Waals surface area (Å²) < 4.78 is 5.15. The van der Waals surface area contributed by atoms with Crippen LogP contribution >= 0.6 is 0 Å². The van der Waals surface area contributed by atoms with Gasteiger partial charge in [0.15, 0.2) is 0 Å². The Morgan fingerprint density at radius 3 is 2.83 bits per heavy atom. The fraction of sp³-hybridized carbons (Fsp3) is 0.692. The monoisotopic (exact) mass is 251 g/mol. The summed E-state index contributed by atoms with van der Waals surface area (Å²) in [7, 11) is 2.08. The molecule has 0 saturated carbocycles. The largest absolute Gasteiger partial charge is 0.361 e. The highest BCUT2D eigenvalue weighted by Gasteiger charge is 2.30. The van der Waals surface area contributed by atoms with Crippen LogP contribution in [0.25, 0.3) is 0 Å². The summed E-state index contributed by atoms with van der Waals surface area (Å²) in [4.78, 5) is 16.8. The zero-order chi connectivity index (χ0) is 13.3. The molecule has 2 heterocycles. The van der Waals surface area contributed by atoms with E-state index in [2.05, 4.69) is 24.0 Å². The number of hydrogen-bond donors (Lipinski definition) is 0. The van der Waals surface area contributed by atoms with E-state index < -0.39 is 0 Å². The molecule has 0 aliphatic carbocycles. The molecule has 0 spiro atoms. The second kappa shape index (κ2) is 5.10. The molecule has 1 aliphatic heterocycles. The van der Waals surface area contributed by atoms with Crippen molar-refractivity contribution < 1.29 is 9.32 Å². The van der Waals surface area contributed by atoms with Crippen LogP contribution in [0.15, 0.2) is 4.52 Å². The molecule has 1 atom stereocenters. The van der Waals surface area contributed by atoms with Crippen molar-refractivity contribution in [2.24, 2.45) is 0 Å². The number of aryl methyl sites for hydroxylation is 2. The summed E-state index contributed by atoms with van der Waals surface area (Å²) in [6.45, 7) is 8.48. The zero-order valence-electron chi connectivity index (χ0n) is 11.6. The number of piperazine rings is 1. The van der Waals surface area contributed by atoms with Crippen molar-refractivity contribution in [3.05, 3.63) is 17.0 Å². The molecule has 0 bridgehead atoms. The van der Waals surface area contributed by atoms with Gasteiger partial charge in [0.25, 0.3) is 5.91 Å². The summed E-state index contributed by atoms with van der Waals surface area (Å²) >= 11 is 0. The van der Waals surface area contributed by atoms with E-state index in [0.717, 1.165) is 31.7 Å². The lowest BCUT2D eigenvalue weighted by molar-refractivity contribution is 0.0531. The van der Waals surface area contributed by atoms with Gasteiger partial charge in [-0.1, -0.05) is 12.1 Å². The van der Waals surface area contributed by atoms with Crippen molar-refractivity contribution in [1.82, 2.24) is 15.0 Å². The Morgan fingerprint density at radius 1 is 1.50 bits per heavy atom. The van der Waals surface area contributed by atoms with Crippen molar-refractivity contribution in [3.8, 4) is 0 Å². The summed E-state index contributed by atoms with van der Waals surface area (Å²) in [5.74, 6) is 0.689. The molecule has 0 radical (unpaired) electrons. The molecule has 0 N–H and O–H groups in total.